The summed E-state index contributed by atoms with van der Waals surface area (Å²) in [5, 5.41) is 2.44. The number of carbonyl (C=O) groups is 1. The number of benzene rings is 2. The molecule has 1 amide bonds. The normalized spacial score (nSPS) is 10.4. The Kier molecular flexibility index (Phi) is 3.85. The molecule has 0 atom stereocenters. The van der Waals surface area contributed by atoms with E-state index in [0.29, 0.717) is 17.2 Å². The topological polar surface area (TPSA) is 55.1 Å². The Hall–Kier alpha value is -2.21. The van der Waals surface area contributed by atoms with E-state index >= 15 is 0 Å². The molecule has 0 heterocycles. The highest BCUT2D eigenvalue weighted by Gasteiger charge is 2.15. The summed E-state index contributed by atoms with van der Waals surface area (Å²) in [5.41, 5.74) is 5.23. The van der Waals surface area contributed by atoms with Gasteiger partial charge in [0.15, 0.2) is 11.6 Å². The maximum absolute atomic E-state index is 13.4. The lowest BCUT2D eigenvalue weighted by Gasteiger charge is -2.09. The number of halogens is 4. The van der Waals surface area contributed by atoms with Crippen molar-refractivity contribution in [3.63, 3.8) is 0 Å². The molecule has 3 nitrogen and oxygen atoms in total. The maximum Gasteiger partial charge on any atom is 0.257 e. The first-order valence-electron chi connectivity index (χ1n) is 5.39. The van der Waals surface area contributed by atoms with Crippen molar-refractivity contribution in [3.05, 3.63) is 58.4 Å². The molecule has 2 rings (SSSR count). The lowest BCUT2D eigenvalue weighted by atomic mass is 10.1. The molecule has 104 valence electrons. The van der Waals surface area contributed by atoms with Crippen LogP contribution in [0.3, 0.4) is 0 Å². The number of anilines is 2. The van der Waals surface area contributed by atoms with Crippen molar-refractivity contribution >= 4 is 28.9 Å². The summed E-state index contributed by atoms with van der Waals surface area (Å²) in [4.78, 5) is 11.9. The summed E-state index contributed by atoms with van der Waals surface area (Å²) >= 11 is 5.68. The Morgan fingerprint density at radius 3 is 2.35 bits per heavy atom. The van der Waals surface area contributed by atoms with Crippen LogP contribution in [-0.2, 0) is 0 Å². The average Bonchev–Trinajstić information content (AvgIpc) is 2.35. The summed E-state index contributed by atoms with van der Waals surface area (Å²) in [7, 11) is 0. The third kappa shape index (κ3) is 2.85. The molecule has 0 saturated heterocycles. The third-order valence-corrected chi connectivity index (χ3v) is 2.75. The maximum atomic E-state index is 13.4. The largest absolute Gasteiger partial charge is 0.398 e. The standard InChI is InChI=1S/C13H8ClF3N2O/c14-6-1-2-7(11(18)3-6)13(20)19-12-5-9(16)8(15)4-10(12)17/h1-5H,18H2,(H,19,20). The number of nitrogens with two attached hydrogens (primary N) is 1. The SMILES string of the molecule is Nc1cc(Cl)ccc1C(=O)Nc1cc(F)c(F)cc1F. The van der Waals surface area contributed by atoms with Gasteiger partial charge in [0.25, 0.3) is 5.91 Å². The monoisotopic (exact) mass is 300 g/mol. The second kappa shape index (κ2) is 5.42. The van der Waals surface area contributed by atoms with Gasteiger partial charge in [-0.05, 0) is 18.2 Å². The van der Waals surface area contributed by atoms with Crippen LogP contribution in [0, 0.1) is 17.5 Å². The van der Waals surface area contributed by atoms with Crippen LogP contribution in [0.4, 0.5) is 24.5 Å². The van der Waals surface area contributed by atoms with Crippen molar-refractivity contribution in [3.8, 4) is 0 Å². The predicted octanol–water partition coefficient (Wildman–Crippen LogP) is 3.59. The van der Waals surface area contributed by atoms with Crippen molar-refractivity contribution in [1.29, 1.82) is 0 Å². The molecule has 0 unspecified atom stereocenters. The summed E-state index contributed by atoms with van der Waals surface area (Å²) in [6.45, 7) is 0. The molecule has 3 N–H and O–H groups in total. The van der Waals surface area contributed by atoms with Crippen molar-refractivity contribution in [2.45, 2.75) is 0 Å². The Morgan fingerprint density at radius 1 is 1.05 bits per heavy atom. The fourth-order valence-electron chi connectivity index (χ4n) is 1.55. The third-order valence-electron chi connectivity index (χ3n) is 2.52. The molecule has 0 saturated carbocycles. The molecule has 0 spiro atoms. The van der Waals surface area contributed by atoms with Gasteiger partial charge in [0.1, 0.15) is 5.82 Å². The lowest BCUT2D eigenvalue weighted by molar-refractivity contribution is 0.102. The van der Waals surface area contributed by atoms with Crippen LogP contribution < -0.4 is 11.1 Å². The van der Waals surface area contributed by atoms with Crippen molar-refractivity contribution in [2.24, 2.45) is 0 Å². The molecule has 2 aromatic carbocycles. The second-order valence-electron chi connectivity index (χ2n) is 3.93. The molecule has 0 aliphatic heterocycles. The van der Waals surface area contributed by atoms with Gasteiger partial charge in [-0.25, -0.2) is 13.2 Å². The molecular weight excluding hydrogens is 293 g/mol. The first-order chi connectivity index (χ1) is 9.38. The molecule has 0 fully saturated rings. The van der Waals surface area contributed by atoms with Crippen LogP contribution in [0.1, 0.15) is 10.4 Å². The van der Waals surface area contributed by atoms with Crippen LogP contribution in [0.5, 0.6) is 0 Å². The van der Waals surface area contributed by atoms with Crippen molar-refractivity contribution in [2.75, 3.05) is 11.1 Å². The molecule has 20 heavy (non-hydrogen) atoms. The highest BCUT2D eigenvalue weighted by Crippen LogP contribution is 2.22. The first kappa shape index (κ1) is 14.2. The van der Waals surface area contributed by atoms with Gasteiger partial charge >= 0.3 is 0 Å². The second-order valence-corrected chi connectivity index (χ2v) is 4.37. The number of amides is 1. The van der Waals surface area contributed by atoms with E-state index in [-0.39, 0.29) is 11.3 Å². The summed E-state index contributed by atoms with van der Waals surface area (Å²) in [6.07, 6.45) is 0. The van der Waals surface area contributed by atoms with E-state index < -0.39 is 29.0 Å². The average molecular weight is 301 g/mol. The molecule has 0 aliphatic rings. The Morgan fingerprint density at radius 2 is 1.70 bits per heavy atom. The first-order valence-corrected chi connectivity index (χ1v) is 5.77. The van der Waals surface area contributed by atoms with Crippen LogP contribution in [-0.4, -0.2) is 5.91 Å². The molecule has 0 aromatic heterocycles. The smallest absolute Gasteiger partial charge is 0.257 e. The summed E-state index contributed by atoms with van der Waals surface area (Å²) in [6, 6.07) is 5.00. The molecular formula is C13H8ClF3N2O. The van der Waals surface area contributed by atoms with Gasteiger partial charge in [-0.15, -0.1) is 0 Å². The van der Waals surface area contributed by atoms with E-state index in [1.165, 1.54) is 18.2 Å². The fraction of sp³-hybridized carbons (Fsp3) is 0. The number of rotatable bonds is 2. The van der Waals surface area contributed by atoms with Gasteiger partial charge < -0.3 is 11.1 Å². The zero-order valence-corrected chi connectivity index (χ0v) is 10.6. The molecule has 0 radical (unpaired) electrons. The van der Waals surface area contributed by atoms with Gasteiger partial charge in [-0.2, -0.15) is 0 Å². The van der Waals surface area contributed by atoms with E-state index in [0.717, 1.165) is 0 Å². The highest BCUT2D eigenvalue weighted by molar-refractivity contribution is 6.31. The van der Waals surface area contributed by atoms with E-state index in [1.54, 1.807) is 0 Å². The molecule has 0 aliphatic carbocycles. The van der Waals surface area contributed by atoms with Gasteiger partial charge in [0.2, 0.25) is 0 Å². The van der Waals surface area contributed by atoms with Crippen LogP contribution in [0.25, 0.3) is 0 Å². The Balaban J connectivity index is 2.30. The Labute approximate surface area is 117 Å². The number of hydrogen-bond acceptors (Lipinski definition) is 2. The number of nitrogen functional groups attached to an aromatic ring is 1. The zero-order chi connectivity index (χ0) is 14.9. The molecule has 0 bridgehead atoms. The van der Waals surface area contributed by atoms with Crippen molar-refractivity contribution in [1.82, 2.24) is 0 Å². The van der Waals surface area contributed by atoms with Gasteiger partial charge in [0.05, 0.1) is 11.3 Å². The van der Waals surface area contributed by atoms with Crippen LogP contribution >= 0.6 is 11.6 Å². The van der Waals surface area contributed by atoms with Crippen LogP contribution in [0.15, 0.2) is 30.3 Å². The quantitative estimate of drug-likeness (QED) is 0.658. The lowest BCUT2D eigenvalue weighted by Crippen LogP contribution is -2.15. The van der Waals surface area contributed by atoms with Crippen molar-refractivity contribution < 1.29 is 18.0 Å². The Bertz CT molecular complexity index is 692. The van der Waals surface area contributed by atoms with E-state index in [2.05, 4.69) is 5.32 Å². The minimum absolute atomic E-state index is 0.0403. The molecule has 2 aromatic rings. The minimum Gasteiger partial charge on any atom is -0.398 e. The van der Waals surface area contributed by atoms with Gasteiger partial charge in [-0.3, -0.25) is 4.79 Å². The van der Waals surface area contributed by atoms with E-state index in [1.807, 2.05) is 0 Å². The number of carbonyl (C=O) groups excluding carboxylic acids is 1. The summed E-state index contributed by atoms with van der Waals surface area (Å²) < 4.78 is 39.2. The summed E-state index contributed by atoms with van der Waals surface area (Å²) in [5.74, 6) is -4.47. The van der Waals surface area contributed by atoms with E-state index in [4.69, 9.17) is 17.3 Å². The minimum atomic E-state index is -1.34. The molecule has 7 heteroatoms. The van der Waals surface area contributed by atoms with E-state index in [9.17, 15) is 18.0 Å². The fourth-order valence-corrected chi connectivity index (χ4v) is 1.73. The number of hydrogen-bond donors (Lipinski definition) is 2. The highest BCUT2D eigenvalue weighted by atomic mass is 35.5. The van der Waals surface area contributed by atoms with Gasteiger partial charge in [0, 0.05) is 22.8 Å². The zero-order valence-electron chi connectivity index (χ0n) is 9.88. The number of nitrogens with one attached hydrogen (secondary N) is 1. The predicted molar refractivity (Wildman–Crippen MR) is 70.1 cm³/mol. The van der Waals surface area contributed by atoms with Gasteiger partial charge in [-0.1, -0.05) is 11.6 Å². The van der Waals surface area contributed by atoms with Crippen LogP contribution in [0.2, 0.25) is 5.02 Å².